The van der Waals surface area contributed by atoms with E-state index in [-0.39, 0.29) is 29.5 Å². The fourth-order valence-corrected chi connectivity index (χ4v) is 3.26. The van der Waals surface area contributed by atoms with Crippen molar-refractivity contribution in [2.24, 2.45) is 11.8 Å². The maximum absolute atomic E-state index is 12.2. The molecule has 1 aromatic rings. The van der Waals surface area contributed by atoms with E-state index < -0.39 is 27.8 Å². The molecule has 0 saturated heterocycles. The zero-order chi connectivity index (χ0) is 19.0. The van der Waals surface area contributed by atoms with Gasteiger partial charge in [-0.25, -0.2) is 13.1 Å². The summed E-state index contributed by atoms with van der Waals surface area (Å²) in [5.41, 5.74) is 0.148. The molecule has 1 atom stereocenters. The summed E-state index contributed by atoms with van der Waals surface area (Å²) in [5.74, 6) is -2.00. The summed E-state index contributed by atoms with van der Waals surface area (Å²) < 4.78 is 26.5. The maximum Gasteiger partial charge on any atom is 0.308 e. The summed E-state index contributed by atoms with van der Waals surface area (Å²) in [4.78, 5) is 23.4. The van der Waals surface area contributed by atoms with Gasteiger partial charge in [0.25, 0.3) is 5.91 Å². The normalized spacial score (nSPS) is 12.6. The summed E-state index contributed by atoms with van der Waals surface area (Å²) in [6.07, 6.45) is 1.85. The standard InChI is InChI=1S/C17H24N2O5S/c1-4-8-19-25(23,24)15-7-5-6-13(10-15)16(20)18-11-14(17(21)22)9-12(2)3/h4-7,10,12,14,19H,1,8-9,11H2,2-3H3,(H,18,20)(H,21,22). The predicted molar refractivity (Wildman–Crippen MR) is 94.7 cm³/mol. The molecule has 1 unspecified atom stereocenters. The third-order valence-electron chi connectivity index (χ3n) is 3.44. The van der Waals surface area contributed by atoms with Crippen LogP contribution in [-0.2, 0) is 14.8 Å². The molecule has 0 fully saturated rings. The van der Waals surface area contributed by atoms with Gasteiger partial charge in [-0.3, -0.25) is 9.59 Å². The highest BCUT2D eigenvalue weighted by molar-refractivity contribution is 7.89. The van der Waals surface area contributed by atoms with Crippen LogP contribution in [0.3, 0.4) is 0 Å². The number of amides is 1. The number of carbonyl (C=O) groups excluding carboxylic acids is 1. The van der Waals surface area contributed by atoms with Gasteiger partial charge >= 0.3 is 5.97 Å². The molecule has 25 heavy (non-hydrogen) atoms. The van der Waals surface area contributed by atoms with Crippen LogP contribution < -0.4 is 10.0 Å². The average molecular weight is 368 g/mol. The second kappa shape index (κ2) is 9.33. The van der Waals surface area contributed by atoms with Crippen molar-refractivity contribution in [1.29, 1.82) is 0 Å². The van der Waals surface area contributed by atoms with Gasteiger partial charge in [-0.1, -0.05) is 26.0 Å². The van der Waals surface area contributed by atoms with Gasteiger partial charge in [-0.2, -0.15) is 0 Å². The molecular formula is C17H24N2O5S. The fraction of sp³-hybridized carbons (Fsp3) is 0.412. The molecule has 0 saturated carbocycles. The SMILES string of the molecule is C=CCNS(=O)(=O)c1cccc(C(=O)NCC(CC(C)C)C(=O)O)c1. The van der Waals surface area contributed by atoms with Crippen molar-refractivity contribution >= 4 is 21.9 Å². The number of carboxylic acids is 1. The Kier molecular flexibility index (Phi) is 7.79. The monoisotopic (exact) mass is 368 g/mol. The van der Waals surface area contributed by atoms with Gasteiger partial charge in [0.1, 0.15) is 0 Å². The number of hydrogen-bond donors (Lipinski definition) is 3. The van der Waals surface area contributed by atoms with Gasteiger partial charge in [0.2, 0.25) is 10.0 Å². The molecule has 7 nitrogen and oxygen atoms in total. The largest absolute Gasteiger partial charge is 0.481 e. The van der Waals surface area contributed by atoms with Crippen LogP contribution in [0.1, 0.15) is 30.6 Å². The van der Waals surface area contributed by atoms with E-state index in [1.807, 2.05) is 13.8 Å². The Balaban J connectivity index is 2.84. The predicted octanol–water partition coefficient (Wildman–Crippen LogP) is 1.63. The minimum Gasteiger partial charge on any atom is -0.481 e. The first-order valence-electron chi connectivity index (χ1n) is 7.89. The zero-order valence-corrected chi connectivity index (χ0v) is 15.2. The molecule has 1 amide bonds. The van der Waals surface area contributed by atoms with E-state index in [1.54, 1.807) is 0 Å². The van der Waals surface area contributed by atoms with Crippen molar-refractivity contribution in [2.75, 3.05) is 13.1 Å². The number of benzene rings is 1. The molecule has 0 radical (unpaired) electrons. The first-order valence-corrected chi connectivity index (χ1v) is 9.37. The third kappa shape index (κ3) is 6.67. The smallest absolute Gasteiger partial charge is 0.308 e. The number of nitrogens with one attached hydrogen (secondary N) is 2. The summed E-state index contributed by atoms with van der Waals surface area (Å²) in [6, 6.07) is 5.56. The van der Waals surface area contributed by atoms with E-state index in [9.17, 15) is 23.1 Å². The molecule has 8 heteroatoms. The highest BCUT2D eigenvalue weighted by atomic mass is 32.2. The van der Waals surface area contributed by atoms with E-state index in [1.165, 1.54) is 30.3 Å². The topological polar surface area (TPSA) is 113 Å². The second-order valence-electron chi connectivity index (χ2n) is 6.04. The molecule has 1 aromatic carbocycles. The summed E-state index contributed by atoms with van der Waals surface area (Å²) in [6.45, 7) is 7.31. The highest BCUT2D eigenvalue weighted by Crippen LogP contribution is 2.13. The summed E-state index contributed by atoms with van der Waals surface area (Å²) in [7, 11) is -3.73. The third-order valence-corrected chi connectivity index (χ3v) is 4.86. The quantitative estimate of drug-likeness (QED) is 0.543. The van der Waals surface area contributed by atoms with Crippen molar-refractivity contribution in [3.8, 4) is 0 Å². The highest BCUT2D eigenvalue weighted by Gasteiger charge is 2.21. The molecular weight excluding hydrogens is 344 g/mol. The van der Waals surface area contributed by atoms with E-state index in [4.69, 9.17) is 0 Å². The number of aliphatic carboxylic acids is 1. The van der Waals surface area contributed by atoms with Crippen LogP contribution >= 0.6 is 0 Å². The van der Waals surface area contributed by atoms with Gasteiger partial charge in [0, 0.05) is 18.7 Å². The maximum atomic E-state index is 12.2. The lowest BCUT2D eigenvalue weighted by Gasteiger charge is -2.15. The van der Waals surface area contributed by atoms with Gasteiger partial charge < -0.3 is 10.4 Å². The molecule has 138 valence electrons. The number of rotatable bonds is 10. The molecule has 0 heterocycles. The number of carbonyl (C=O) groups is 2. The lowest BCUT2D eigenvalue weighted by molar-refractivity contribution is -0.142. The van der Waals surface area contributed by atoms with Crippen molar-refractivity contribution in [1.82, 2.24) is 10.0 Å². The molecule has 0 aliphatic heterocycles. The van der Waals surface area contributed by atoms with Crippen LogP contribution in [0.4, 0.5) is 0 Å². The molecule has 3 N–H and O–H groups in total. The number of sulfonamides is 1. The van der Waals surface area contributed by atoms with Crippen molar-refractivity contribution in [3.63, 3.8) is 0 Å². The lowest BCUT2D eigenvalue weighted by Crippen LogP contribution is -2.33. The van der Waals surface area contributed by atoms with E-state index >= 15 is 0 Å². The number of carboxylic acid groups (broad SMARTS) is 1. The number of hydrogen-bond acceptors (Lipinski definition) is 4. The Hall–Kier alpha value is -2.19. The van der Waals surface area contributed by atoms with Crippen LogP contribution in [0.2, 0.25) is 0 Å². The summed E-state index contributed by atoms with van der Waals surface area (Å²) in [5, 5.41) is 11.7. The lowest BCUT2D eigenvalue weighted by atomic mass is 9.97. The Bertz CT molecular complexity index is 728. The van der Waals surface area contributed by atoms with Crippen LogP contribution in [0, 0.1) is 11.8 Å². The zero-order valence-electron chi connectivity index (χ0n) is 14.4. The molecule has 0 bridgehead atoms. The van der Waals surface area contributed by atoms with Crippen molar-refractivity contribution in [2.45, 2.75) is 25.2 Å². The van der Waals surface area contributed by atoms with Crippen molar-refractivity contribution < 1.29 is 23.1 Å². The van der Waals surface area contributed by atoms with Crippen molar-refractivity contribution in [3.05, 3.63) is 42.5 Å². The molecule has 1 rings (SSSR count). The van der Waals surface area contributed by atoms with Crippen LogP contribution in [-0.4, -0.2) is 38.5 Å². The summed E-state index contributed by atoms with van der Waals surface area (Å²) >= 11 is 0. The van der Waals surface area contributed by atoms with Crippen LogP contribution in [0.25, 0.3) is 0 Å². The van der Waals surface area contributed by atoms with Gasteiger partial charge in [0.05, 0.1) is 10.8 Å². The molecule has 0 spiro atoms. The van der Waals surface area contributed by atoms with Crippen LogP contribution in [0.15, 0.2) is 41.8 Å². The Morgan fingerprint density at radius 1 is 1.32 bits per heavy atom. The minimum absolute atomic E-state index is 0.0158. The van der Waals surface area contributed by atoms with Gasteiger partial charge in [-0.05, 0) is 30.5 Å². The van der Waals surface area contributed by atoms with Gasteiger partial charge in [-0.15, -0.1) is 6.58 Å². The van der Waals surface area contributed by atoms with E-state index in [0.29, 0.717) is 6.42 Å². The Morgan fingerprint density at radius 2 is 2.00 bits per heavy atom. The first kappa shape index (κ1) is 20.9. The molecule has 0 aromatic heterocycles. The second-order valence-corrected chi connectivity index (χ2v) is 7.81. The Morgan fingerprint density at radius 3 is 2.56 bits per heavy atom. The Labute approximate surface area is 148 Å². The van der Waals surface area contributed by atoms with E-state index in [0.717, 1.165) is 0 Å². The molecule has 0 aliphatic carbocycles. The molecule has 0 aliphatic rings. The minimum atomic E-state index is -3.73. The fourth-order valence-electron chi connectivity index (χ4n) is 2.21. The first-order chi connectivity index (χ1) is 11.7. The van der Waals surface area contributed by atoms with Crippen LogP contribution in [0.5, 0.6) is 0 Å². The van der Waals surface area contributed by atoms with Gasteiger partial charge in [0.15, 0.2) is 0 Å². The average Bonchev–Trinajstić information content (AvgIpc) is 2.56. The van der Waals surface area contributed by atoms with E-state index in [2.05, 4.69) is 16.6 Å².